The molecule has 0 N–H and O–H groups in total. The maximum atomic E-state index is 14.3. The highest BCUT2D eigenvalue weighted by Crippen LogP contribution is 2.37. The van der Waals surface area contributed by atoms with Crippen molar-refractivity contribution in [1.29, 1.82) is 0 Å². The van der Waals surface area contributed by atoms with E-state index >= 15 is 0 Å². The molecule has 2 atom stereocenters. The van der Waals surface area contributed by atoms with Crippen molar-refractivity contribution in [2.24, 2.45) is 4.99 Å². The SMILES string of the molecule is CCOc1ccc(N(Cc2ccccc2F)C2=N[C@H]3CS(=O)(=O)C[C@H]3S2)cc1. The third-order valence-corrected chi connectivity index (χ3v) is 8.03. The number of ether oxygens (including phenoxy) is 1. The summed E-state index contributed by atoms with van der Waals surface area (Å²) in [4.78, 5) is 6.63. The Hall–Kier alpha value is -2.06. The molecule has 0 saturated carbocycles. The second kappa shape index (κ2) is 7.75. The van der Waals surface area contributed by atoms with Crippen LogP contribution in [-0.4, -0.2) is 43.0 Å². The number of aliphatic imine (C=N–C) groups is 1. The zero-order valence-electron chi connectivity index (χ0n) is 15.4. The molecule has 0 aliphatic carbocycles. The van der Waals surface area contributed by atoms with Gasteiger partial charge in [-0.3, -0.25) is 4.99 Å². The van der Waals surface area contributed by atoms with E-state index in [9.17, 15) is 12.8 Å². The highest BCUT2D eigenvalue weighted by Gasteiger charge is 2.44. The van der Waals surface area contributed by atoms with Crippen LogP contribution in [0.15, 0.2) is 53.5 Å². The number of rotatable bonds is 5. The van der Waals surface area contributed by atoms with E-state index in [-0.39, 0.29) is 28.6 Å². The molecule has 0 aromatic heterocycles. The summed E-state index contributed by atoms with van der Waals surface area (Å²) in [5.74, 6) is 0.725. The summed E-state index contributed by atoms with van der Waals surface area (Å²) in [5, 5.41) is 0.670. The van der Waals surface area contributed by atoms with Gasteiger partial charge in [0, 0.05) is 16.5 Å². The first-order valence-electron chi connectivity index (χ1n) is 9.14. The van der Waals surface area contributed by atoms with Crippen molar-refractivity contribution >= 4 is 32.5 Å². The second-order valence-electron chi connectivity index (χ2n) is 6.82. The van der Waals surface area contributed by atoms with E-state index in [1.165, 1.54) is 17.8 Å². The van der Waals surface area contributed by atoms with E-state index < -0.39 is 9.84 Å². The van der Waals surface area contributed by atoms with E-state index in [2.05, 4.69) is 4.99 Å². The van der Waals surface area contributed by atoms with Crippen molar-refractivity contribution < 1.29 is 17.5 Å². The lowest BCUT2D eigenvalue weighted by Gasteiger charge is -2.25. The summed E-state index contributed by atoms with van der Waals surface area (Å²) in [7, 11) is -3.02. The van der Waals surface area contributed by atoms with Gasteiger partial charge in [0.2, 0.25) is 0 Å². The Balaban J connectivity index is 1.65. The molecular weight excluding hydrogens is 399 g/mol. The van der Waals surface area contributed by atoms with Crippen LogP contribution in [0.5, 0.6) is 5.75 Å². The maximum absolute atomic E-state index is 14.3. The number of thioether (sulfide) groups is 1. The molecule has 4 rings (SSSR count). The van der Waals surface area contributed by atoms with Crippen LogP contribution in [0.2, 0.25) is 0 Å². The Bertz CT molecular complexity index is 993. The molecule has 0 amide bonds. The average molecular weight is 421 g/mol. The van der Waals surface area contributed by atoms with Gasteiger partial charge in [0.25, 0.3) is 0 Å². The van der Waals surface area contributed by atoms with Crippen molar-refractivity contribution in [2.75, 3.05) is 23.0 Å². The highest BCUT2D eigenvalue weighted by molar-refractivity contribution is 8.15. The van der Waals surface area contributed by atoms with Crippen LogP contribution in [-0.2, 0) is 16.4 Å². The minimum atomic E-state index is -3.02. The standard InChI is InChI=1S/C20H21FN2O3S2/c1-2-26-16-9-7-15(8-10-16)23(11-14-5-3-4-6-17(14)21)20-22-18-12-28(24,25)13-19(18)27-20/h3-10,18-19H,2,11-13H2,1H3/t18-,19+/m0/s1. The van der Waals surface area contributed by atoms with Gasteiger partial charge in [0.05, 0.1) is 30.7 Å². The van der Waals surface area contributed by atoms with Gasteiger partial charge in [-0.15, -0.1) is 0 Å². The normalized spacial score (nSPS) is 22.6. The Morgan fingerprint density at radius 1 is 1.18 bits per heavy atom. The summed E-state index contributed by atoms with van der Waals surface area (Å²) in [6, 6.07) is 14.0. The number of amidine groups is 1. The van der Waals surface area contributed by atoms with Crippen LogP contribution in [0.4, 0.5) is 10.1 Å². The highest BCUT2D eigenvalue weighted by atomic mass is 32.2. The molecule has 0 spiro atoms. The summed E-state index contributed by atoms with van der Waals surface area (Å²) < 4.78 is 43.5. The Kier molecular flexibility index (Phi) is 5.33. The fourth-order valence-corrected chi connectivity index (χ4v) is 7.21. The molecule has 5 nitrogen and oxygen atoms in total. The lowest BCUT2D eigenvalue weighted by Crippen LogP contribution is -2.28. The number of sulfone groups is 1. The first kappa shape index (κ1) is 19.3. The maximum Gasteiger partial charge on any atom is 0.164 e. The van der Waals surface area contributed by atoms with E-state index in [1.807, 2.05) is 36.1 Å². The van der Waals surface area contributed by atoms with Crippen molar-refractivity contribution in [3.05, 3.63) is 59.9 Å². The lowest BCUT2D eigenvalue weighted by atomic mass is 10.2. The Morgan fingerprint density at radius 3 is 2.61 bits per heavy atom. The molecule has 2 aliphatic rings. The molecule has 0 bridgehead atoms. The molecular formula is C20H21FN2O3S2. The summed E-state index contributed by atoms with van der Waals surface area (Å²) >= 11 is 1.47. The van der Waals surface area contributed by atoms with Crippen LogP contribution in [0, 0.1) is 5.82 Å². The van der Waals surface area contributed by atoms with E-state index in [1.54, 1.807) is 18.2 Å². The van der Waals surface area contributed by atoms with Crippen molar-refractivity contribution in [3.8, 4) is 5.75 Å². The molecule has 1 fully saturated rings. The molecule has 148 valence electrons. The van der Waals surface area contributed by atoms with Gasteiger partial charge < -0.3 is 9.64 Å². The number of anilines is 1. The van der Waals surface area contributed by atoms with Gasteiger partial charge in [0.15, 0.2) is 15.0 Å². The van der Waals surface area contributed by atoms with E-state index in [0.29, 0.717) is 18.7 Å². The quantitative estimate of drug-likeness (QED) is 0.741. The molecule has 1 saturated heterocycles. The molecule has 2 aliphatic heterocycles. The first-order valence-corrected chi connectivity index (χ1v) is 11.8. The molecule has 2 heterocycles. The third kappa shape index (κ3) is 4.03. The van der Waals surface area contributed by atoms with Crippen molar-refractivity contribution in [1.82, 2.24) is 0 Å². The molecule has 2 aromatic rings. The van der Waals surface area contributed by atoms with Gasteiger partial charge in [-0.05, 0) is 37.3 Å². The molecule has 2 aromatic carbocycles. The number of benzene rings is 2. The second-order valence-corrected chi connectivity index (χ2v) is 10.2. The zero-order chi connectivity index (χ0) is 19.7. The summed E-state index contributed by atoms with van der Waals surface area (Å²) in [6.07, 6.45) is 0. The van der Waals surface area contributed by atoms with Crippen molar-refractivity contribution in [3.63, 3.8) is 0 Å². The van der Waals surface area contributed by atoms with E-state index in [4.69, 9.17) is 4.74 Å². The number of fused-ring (bicyclic) bond motifs is 1. The monoisotopic (exact) mass is 420 g/mol. The van der Waals surface area contributed by atoms with Gasteiger partial charge in [-0.25, -0.2) is 12.8 Å². The minimum Gasteiger partial charge on any atom is -0.494 e. The number of nitrogens with zero attached hydrogens (tertiary/aromatic N) is 2. The van der Waals surface area contributed by atoms with Gasteiger partial charge in [0.1, 0.15) is 11.6 Å². The first-order chi connectivity index (χ1) is 13.4. The Morgan fingerprint density at radius 2 is 1.93 bits per heavy atom. The van der Waals surface area contributed by atoms with Crippen LogP contribution in [0.3, 0.4) is 0 Å². The largest absolute Gasteiger partial charge is 0.494 e. The zero-order valence-corrected chi connectivity index (χ0v) is 17.0. The van der Waals surface area contributed by atoms with E-state index in [0.717, 1.165) is 16.6 Å². The summed E-state index contributed by atoms with van der Waals surface area (Å²) in [5.41, 5.74) is 1.42. The predicted octanol–water partition coefficient (Wildman–Crippen LogP) is 3.50. The fourth-order valence-electron chi connectivity index (χ4n) is 3.43. The number of hydrogen-bond donors (Lipinski definition) is 0. The van der Waals surface area contributed by atoms with Crippen LogP contribution in [0.25, 0.3) is 0 Å². The minimum absolute atomic E-state index is 0.0641. The number of halogens is 1. The van der Waals surface area contributed by atoms with Crippen LogP contribution in [0.1, 0.15) is 12.5 Å². The fraction of sp³-hybridized carbons (Fsp3) is 0.350. The third-order valence-electron chi connectivity index (χ3n) is 4.78. The molecule has 0 radical (unpaired) electrons. The topological polar surface area (TPSA) is 59.0 Å². The van der Waals surface area contributed by atoms with Crippen LogP contribution < -0.4 is 9.64 Å². The predicted molar refractivity (Wildman–Crippen MR) is 111 cm³/mol. The van der Waals surface area contributed by atoms with Gasteiger partial charge in [-0.2, -0.15) is 0 Å². The number of hydrogen-bond acceptors (Lipinski definition) is 6. The molecule has 28 heavy (non-hydrogen) atoms. The lowest BCUT2D eigenvalue weighted by molar-refractivity contribution is 0.340. The average Bonchev–Trinajstić information content (AvgIpc) is 3.15. The Labute approximate surface area is 168 Å². The molecule has 8 heteroatoms. The smallest absolute Gasteiger partial charge is 0.164 e. The van der Waals surface area contributed by atoms with Gasteiger partial charge in [-0.1, -0.05) is 30.0 Å². The molecule has 0 unspecified atom stereocenters. The van der Waals surface area contributed by atoms with Gasteiger partial charge >= 0.3 is 0 Å². The summed E-state index contributed by atoms with van der Waals surface area (Å²) in [6.45, 7) is 2.83. The van der Waals surface area contributed by atoms with Crippen LogP contribution >= 0.6 is 11.8 Å². The van der Waals surface area contributed by atoms with Crippen molar-refractivity contribution in [2.45, 2.75) is 24.8 Å².